The molecule has 0 aromatic heterocycles. The van der Waals surface area contributed by atoms with Crippen LogP contribution >= 0.6 is 11.8 Å². The lowest BCUT2D eigenvalue weighted by Gasteiger charge is -2.33. The van der Waals surface area contributed by atoms with Crippen molar-refractivity contribution in [3.05, 3.63) is 35.9 Å². The highest BCUT2D eigenvalue weighted by molar-refractivity contribution is 8.00. The number of benzene rings is 1. The summed E-state index contributed by atoms with van der Waals surface area (Å²) in [6.45, 7) is 4.21. The van der Waals surface area contributed by atoms with Crippen molar-refractivity contribution in [1.29, 1.82) is 0 Å². The van der Waals surface area contributed by atoms with Gasteiger partial charge < -0.3 is 15.0 Å². The van der Waals surface area contributed by atoms with Crippen molar-refractivity contribution < 1.29 is 19.1 Å². The third-order valence-corrected chi connectivity index (χ3v) is 6.27. The molecule has 140 valence electrons. The molecule has 6 nitrogen and oxygen atoms in total. The van der Waals surface area contributed by atoms with E-state index < -0.39 is 16.9 Å². The van der Waals surface area contributed by atoms with Gasteiger partial charge in [-0.1, -0.05) is 44.2 Å². The summed E-state index contributed by atoms with van der Waals surface area (Å²) in [5.74, 6) is -0.0581. The summed E-state index contributed by atoms with van der Waals surface area (Å²) < 4.78 is 5.20. The average molecular weight is 376 g/mol. The van der Waals surface area contributed by atoms with Gasteiger partial charge in [0.15, 0.2) is 6.61 Å². The van der Waals surface area contributed by atoms with Crippen LogP contribution in [0.15, 0.2) is 30.3 Å². The first-order valence-electron chi connectivity index (χ1n) is 8.89. The van der Waals surface area contributed by atoms with Crippen LogP contribution in [-0.2, 0) is 24.0 Å². The molecule has 0 spiro atoms. The zero-order chi connectivity index (χ0) is 18.7. The number of rotatable bonds is 6. The Morgan fingerprint density at radius 2 is 2.08 bits per heavy atom. The van der Waals surface area contributed by atoms with Crippen molar-refractivity contribution in [3.8, 4) is 0 Å². The number of ether oxygens (including phenoxy) is 1. The third kappa shape index (κ3) is 3.58. The SMILES string of the molecule is CC(C)CNC(=O)COC(=O)[C@@H]1CS[C@@]2(c3ccccc3)CCC(=O)N12. The summed E-state index contributed by atoms with van der Waals surface area (Å²) in [4.78, 5) is 38.0. The number of esters is 1. The minimum absolute atomic E-state index is 0.0370. The first-order chi connectivity index (χ1) is 12.4. The molecule has 0 radical (unpaired) electrons. The Morgan fingerprint density at radius 3 is 2.77 bits per heavy atom. The summed E-state index contributed by atoms with van der Waals surface area (Å²) >= 11 is 1.61. The zero-order valence-electron chi connectivity index (χ0n) is 15.1. The van der Waals surface area contributed by atoms with E-state index in [-0.39, 0.29) is 18.4 Å². The Labute approximate surface area is 157 Å². The molecule has 0 saturated carbocycles. The normalized spacial score (nSPS) is 24.7. The van der Waals surface area contributed by atoms with Crippen LogP contribution in [0.25, 0.3) is 0 Å². The van der Waals surface area contributed by atoms with Gasteiger partial charge in [-0.15, -0.1) is 11.8 Å². The van der Waals surface area contributed by atoms with E-state index in [9.17, 15) is 14.4 Å². The van der Waals surface area contributed by atoms with Crippen molar-refractivity contribution in [3.63, 3.8) is 0 Å². The van der Waals surface area contributed by atoms with Crippen LogP contribution in [0.5, 0.6) is 0 Å². The summed E-state index contributed by atoms with van der Waals surface area (Å²) in [5.41, 5.74) is 1.03. The maximum atomic E-state index is 12.5. The molecule has 1 N–H and O–H groups in total. The molecule has 2 saturated heterocycles. The summed E-state index contributed by atoms with van der Waals surface area (Å²) in [5, 5.41) is 2.71. The number of nitrogens with zero attached hydrogens (tertiary/aromatic N) is 1. The topological polar surface area (TPSA) is 75.7 Å². The number of carbonyl (C=O) groups excluding carboxylic acids is 3. The van der Waals surface area contributed by atoms with Gasteiger partial charge in [-0.25, -0.2) is 4.79 Å². The number of hydrogen-bond donors (Lipinski definition) is 1. The molecule has 3 rings (SSSR count). The fourth-order valence-electron chi connectivity index (χ4n) is 3.42. The maximum absolute atomic E-state index is 12.5. The van der Waals surface area contributed by atoms with Crippen LogP contribution in [0.1, 0.15) is 32.3 Å². The molecule has 7 heteroatoms. The van der Waals surface area contributed by atoms with Gasteiger partial charge in [0.1, 0.15) is 10.9 Å². The fraction of sp³-hybridized carbons (Fsp3) is 0.526. The highest BCUT2D eigenvalue weighted by atomic mass is 32.2. The van der Waals surface area contributed by atoms with Crippen molar-refractivity contribution in [2.24, 2.45) is 5.92 Å². The highest BCUT2D eigenvalue weighted by Crippen LogP contribution is 2.54. The molecular formula is C19H24N2O4S. The minimum Gasteiger partial charge on any atom is -0.454 e. The summed E-state index contributed by atoms with van der Waals surface area (Å²) in [7, 11) is 0. The van der Waals surface area contributed by atoms with E-state index in [4.69, 9.17) is 4.74 Å². The largest absolute Gasteiger partial charge is 0.454 e. The Bertz CT molecular complexity index is 694. The number of thioether (sulfide) groups is 1. The Hall–Kier alpha value is -2.02. The second-order valence-corrected chi connectivity index (χ2v) is 8.34. The quantitative estimate of drug-likeness (QED) is 0.768. The van der Waals surface area contributed by atoms with Crippen LogP contribution in [-0.4, -0.2) is 47.6 Å². The van der Waals surface area contributed by atoms with E-state index in [1.165, 1.54) is 0 Å². The molecular weight excluding hydrogens is 352 g/mol. The predicted molar refractivity (Wildman–Crippen MR) is 99.3 cm³/mol. The zero-order valence-corrected chi connectivity index (χ0v) is 15.9. The number of carbonyl (C=O) groups is 3. The molecule has 0 aliphatic carbocycles. The van der Waals surface area contributed by atoms with Crippen LogP contribution in [0.2, 0.25) is 0 Å². The lowest BCUT2D eigenvalue weighted by Crippen LogP contribution is -2.47. The Kier molecular flexibility index (Phi) is 5.55. The third-order valence-electron chi connectivity index (χ3n) is 4.68. The molecule has 0 bridgehead atoms. The number of fused-ring (bicyclic) bond motifs is 1. The van der Waals surface area contributed by atoms with Crippen molar-refractivity contribution in [1.82, 2.24) is 10.2 Å². The van der Waals surface area contributed by atoms with Crippen molar-refractivity contribution >= 4 is 29.5 Å². The average Bonchev–Trinajstić information content (AvgIpc) is 3.18. The van der Waals surface area contributed by atoms with E-state index >= 15 is 0 Å². The highest BCUT2D eigenvalue weighted by Gasteiger charge is 2.57. The molecule has 26 heavy (non-hydrogen) atoms. The molecule has 2 aliphatic rings. The molecule has 1 aromatic carbocycles. The van der Waals surface area contributed by atoms with Crippen LogP contribution < -0.4 is 5.32 Å². The number of nitrogens with one attached hydrogen (secondary N) is 1. The van der Waals surface area contributed by atoms with Crippen LogP contribution in [0.4, 0.5) is 0 Å². The summed E-state index contributed by atoms with van der Waals surface area (Å²) in [6, 6.07) is 9.15. The van der Waals surface area contributed by atoms with Crippen molar-refractivity contribution in [2.75, 3.05) is 18.9 Å². The Morgan fingerprint density at radius 1 is 1.35 bits per heavy atom. The monoisotopic (exact) mass is 376 g/mol. The van der Waals surface area contributed by atoms with Gasteiger partial charge >= 0.3 is 5.97 Å². The Balaban J connectivity index is 1.67. The first kappa shape index (κ1) is 18.8. The summed E-state index contributed by atoms with van der Waals surface area (Å²) in [6.07, 6.45) is 1.10. The van der Waals surface area contributed by atoms with Gasteiger partial charge in [0.25, 0.3) is 5.91 Å². The number of amides is 2. The van der Waals surface area contributed by atoms with Gasteiger partial charge in [0.2, 0.25) is 5.91 Å². The first-order valence-corrected chi connectivity index (χ1v) is 9.87. The fourth-order valence-corrected chi connectivity index (χ4v) is 5.05. The molecule has 0 unspecified atom stereocenters. The molecule has 2 heterocycles. The molecule has 2 fully saturated rings. The van der Waals surface area contributed by atoms with Gasteiger partial charge in [-0.2, -0.15) is 0 Å². The second kappa shape index (κ2) is 7.70. The van der Waals surface area contributed by atoms with Gasteiger partial charge in [0, 0.05) is 18.7 Å². The lowest BCUT2D eigenvalue weighted by molar-refractivity contribution is -0.156. The second-order valence-electron chi connectivity index (χ2n) is 7.05. The maximum Gasteiger partial charge on any atom is 0.330 e. The van der Waals surface area contributed by atoms with Gasteiger partial charge in [0.05, 0.1) is 0 Å². The van der Waals surface area contributed by atoms with Gasteiger partial charge in [-0.05, 0) is 17.9 Å². The van der Waals surface area contributed by atoms with E-state index in [0.29, 0.717) is 31.1 Å². The van der Waals surface area contributed by atoms with E-state index in [2.05, 4.69) is 5.32 Å². The minimum atomic E-state index is -0.645. The molecule has 2 aliphatic heterocycles. The van der Waals surface area contributed by atoms with Crippen LogP contribution in [0.3, 0.4) is 0 Å². The van der Waals surface area contributed by atoms with Crippen molar-refractivity contribution in [2.45, 2.75) is 37.6 Å². The molecule has 2 atom stereocenters. The molecule has 2 amide bonds. The van der Waals surface area contributed by atoms with E-state index in [1.54, 1.807) is 16.7 Å². The predicted octanol–water partition coefficient (Wildman–Crippen LogP) is 1.89. The van der Waals surface area contributed by atoms with Crippen LogP contribution in [0, 0.1) is 5.92 Å². The standard InChI is InChI=1S/C19H24N2O4S/c1-13(2)10-20-16(22)11-25-18(24)15-12-26-19(9-8-17(23)21(15)19)14-6-4-3-5-7-14/h3-7,13,15H,8-12H2,1-2H3,(H,20,22)/t15-,19+/m0/s1. The van der Waals surface area contributed by atoms with Gasteiger partial charge in [-0.3, -0.25) is 9.59 Å². The van der Waals surface area contributed by atoms with E-state index in [0.717, 1.165) is 5.56 Å². The molecule has 1 aromatic rings. The number of hydrogen-bond acceptors (Lipinski definition) is 5. The van der Waals surface area contributed by atoms with E-state index in [1.807, 2.05) is 44.2 Å². The smallest absolute Gasteiger partial charge is 0.330 e. The lowest BCUT2D eigenvalue weighted by atomic mass is 10.0.